The molecule has 6 heteroatoms. The van der Waals surface area contributed by atoms with E-state index < -0.39 is 0 Å². The lowest BCUT2D eigenvalue weighted by Crippen LogP contribution is -2.28. The molecule has 2 rings (SSSR count). The molecule has 1 amide bonds. The van der Waals surface area contributed by atoms with Gasteiger partial charge in [0.2, 0.25) is 0 Å². The summed E-state index contributed by atoms with van der Waals surface area (Å²) in [5.41, 5.74) is 2.07. The lowest BCUT2D eigenvalue weighted by atomic mass is 10.1. The highest BCUT2D eigenvalue weighted by atomic mass is 16.6. The molecule has 2 aromatic carbocycles. The number of ether oxygens (including phenoxy) is 1. The summed E-state index contributed by atoms with van der Waals surface area (Å²) < 4.78 is 5.88. The van der Waals surface area contributed by atoms with Gasteiger partial charge < -0.3 is 19.8 Å². The monoisotopic (exact) mass is 369 g/mol. The van der Waals surface area contributed by atoms with Gasteiger partial charge in [-0.05, 0) is 42.9 Å². The molecule has 0 spiro atoms. The number of rotatable bonds is 10. The molecule has 144 valence electrons. The van der Waals surface area contributed by atoms with Gasteiger partial charge in [0.15, 0.2) is 0 Å². The fourth-order valence-electron chi connectivity index (χ4n) is 2.55. The third-order valence-corrected chi connectivity index (χ3v) is 4.17. The highest BCUT2D eigenvalue weighted by Crippen LogP contribution is 2.24. The Morgan fingerprint density at radius 2 is 1.81 bits per heavy atom. The zero-order chi connectivity index (χ0) is 19.5. The average molecular weight is 369 g/mol. The molecule has 0 unspecified atom stereocenters. The van der Waals surface area contributed by atoms with Crippen LogP contribution in [0.5, 0.6) is 5.75 Å². The molecule has 0 saturated carbocycles. The predicted octanol–water partition coefficient (Wildman–Crippen LogP) is 3.64. The number of benzene rings is 2. The van der Waals surface area contributed by atoms with Crippen molar-refractivity contribution in [2.75, 3.05) is 38.7 Å². The number of nitrogens with zero attached hydrogens (tertiary/aromatic N) is 2. The Hall–Kier alpha value is -2.86. The number of likely N-dealkylation sites (N-methyl/N-ethyl adjacent to an activating group) is 1. The number of oxime groups is 1. The summed E-state index contributed by atoms with van der Waals surface area (Å²) in [6, 6.07) is 14.6. The van der Waals surface area contributed by atoms with E-state index in [1.54, 1.807) is 18.3 Å². The van der Waals surface area contributed by atoms with Crippen LogP contribution in [0.3, 0.4) is 0 Å². The van der Waals surface area contributed by atoms with E-state index in [1.165, 1.54) is 7.11 Å². The van der Waals surface area contributed by atoms with Gasteiger partial charge >= 0.3 is 0 Å². The molecule has 0 aromatic heterocycles. The molecule has 1 N–H and O–H groups in total. The first-order valence-corrected chi connectivity index (χ1v) is 9.10. The Bertz CT molecular complexity index is 741. The Balaban J connectivity index is 2.00. The minimum absolute atomic E-state index is 0.190. The van der Waals surface area contributed by atoms with Crippen LogP contribution in [0, 0.1) is 0 Å². The van der Waals surface area contributed by atoms with Crippen LogP contribution in [0.1, 0.15) is 29.8 Å². The van der Waals surface area contributed by atoms with Crippen molar-refractivity contribution < 1.29 is 14.4 Å². The Morgan fingerprint density at radius 3 is 2.48 bits per heavy atom. The van der Waals surface area contributed by atoms with Crippen LogP contribution in [0.25, 0.3) is 0 Å². The van der Waals surface area contributed by atoms with Gasteiger partial charge in [0, 0.05) is 12.1 Å². The summed E-state index contributed by atoms with van der Waals surface area (Å²) in [7, 11) is 1.49. The smallest absolute Gasteiger partial charge is 0.255 e. The van der Waals surface area contributed by atoms with E-state index in [2.05, 4.69) is 34.1 Å². The zero-order valence-corrected chi connectivity index (χ0v) is 16.1. The number of hydrogen-bond donors (Lipinski definition) is 1. The van der Waals surface area contributed by atoms with Crippen LogP contribution in [-0.2, 0) is 4.84 Å². The van der Waals surface area contributed by atoms with Gasteiger partial charge in [-0.15, -0.1) is 0 Å². The van der Waals surface area contributed by atoms with Crippen LogP contribution < -0.4 is 10.1 Å². The molecule has 0 bridgehead atoms. The van der Waals surface area contributed by atoms with Crippen molar-refractivity contribution >= 4 is 17.8 Å². The SMILES string of the molecule is CCN(CC)CCOc1ccccc1NC(=O)c1ccc(/C=N/OC)cc1. The quantitative estimate of drug-likeness (QED) is 0.513. The first-order chi connectivity index (χ1) is 13.2. The van der Waals surface area contributed by atoms with Crippen LogP contribution in [0.4, 0.5) is 5.69 Å². The fraction of sp³-hybridized carbons (Fsp3) is 0.333. The van der Waals surface area contributed by atoms with Gasteiger partial charge in [-0.3, -0.25) is 4.79 Å². The standard InChI is InChI=1S/C21H27N3O3/c1-4-24(5-2)14-15-27-20-9-7-6-8-19(20)23-21(25)18-12-10-17(11-13-18)16-22-26-3/h6-13,16H,4-5,14-15H2,1-3H3,(H,23,25)/b22-16+. The molecule has 0 aliphatic heterocycles. The van der Waals surface area contributed by atoms with Crippen molar-refractivity contribution in [3.63, 3.8) is 0 Å². The van der Waals surface area contributed by atoms with Crippen molar-refractivity contribution in [2.45, 2.75) is 13.8 Å². The molecule has 27 heavy (non-hydrogen) atoms. The summed E-state index contributed by atoms with van der Waals surface area (Å²) in [6.07, 6.45) is 1.58. The Kier molecular flexibility index (Phi) is 8.32. The normalized spacial score (nSPS) is 11.0. The second-order valence-corrected chi connectivity index (χ2v) is 5.86. The van der Waals surface area contributed by atoms with Crippen LogP contribution >= 0.6 is 0 Å². The highest BCUT2D eigenvalue weighted by molar-refractivity contribution is 6.05. The van der Waals surface area contributed by atoms with E-state index in [1.807, 2.05) is 36.4 Å². The maximum atomic E-state index is 12.5. The number of nitrogens with one attached hydrogen (secondary N) is 1. The minimum atomic E-state index is -0.190. The second kappa shape index (κ2) is 11.0. The number of carbonyl (C=O) groups is 1. The maximum absolute atomic E-state index is 12.5. The van der Waals surface area contributed by atoms with E-state index in [-0.39, 0.29) is 5.91 Å². The summed E-state index contributed by atoms with van der Waals surface area (Å²) in [6.45, 7) is 7.66. The van der Waals surface area contributed by atoms with Crippen LogP contribution in [0.2, 0.25) is 0 Å². The Labute approximate surface area is 160 Å². The maximum Gasteiger partial charge on any atom is 0.255 e. The summed E-state index contributed by atoms with van der Waals surface area (Å²) in [5.74, 6) is 0.479. The lowest BCUT2D eigenvalue weighted by molar-refractivity contribution is 0.102. The second-order valence-electron chi connectivity index (χ2n) is 5.86. The molecule has 0 atom stereocenters. The molecule has 2 aromatic rings. The topological polar surface area (TPSA) is 63.2 Å². The van der Waals surface area contributed by atoms with Gasteiger partial charge in [0.1, 0.15) is 19.5 Å². The molecule has 0 heterocycles. The summed E-state index contributed by atoms with van der Waals surface area (Å²) >= 11 is 0. The third-order valence-electron chi connectivity index (χ3n) is 4.17. The first kappa shape index (κ1) is 20.5. The summed E-state index contributed by atoms with van der Waals surface area (Å²) in [5, 5.41) is 6.62. The lowest BCUT2D eigenvalue weighted by Gasteiger charge is -2.19. The van der Waals surface area contributed by atoms with E-state index in [0.717, 1.165) is 25.2 Å². The molecule has 0 aliphatic carbocycles. The number of carbonyl (C=O) groups excluding carboxylic acids is 1. The molecule has 0 aliphatic rings. The van der Waals surface area contributed by atoms with Gasteiger partial charge in [0.25, 0.3) is 5.91 Å². The molecular formula is C21H27N3O3. The summed E-state index contributed by atoms with van der Waals surface area (Å²) in [4.78, 5) is 19.5. The Morgan fingerprint density at radius 1 is 1.11 bits per heavy atom. The van der Waals surface area contributed by atoms with Crippen molar-refractivity contribution in [3.8, 4) is 5.75 Å². The van der Waals surface area contributed by atoms with E-state index >= 15 is 0 Å². The highest BCUT2D eigenvalue weighted by Gasteiger charge is 2.10. The molecule has 0 saturated heterocycles. The van der Waals surface area contributed by atoms with Gasteiger partial charge in [-0.2, -0.15) is 0 Å². The third kappa shape index (κ3) is 6.42. The number of amides is 1. The van der Waals surface area contributed by atoms with Crippen LogP contribution in [0.15, 0.2) is 53.7 Å². The van der Waals surface area contributed by atoms with Gasteiger partial charge in [-0.25, -0.2) is 0 Å². The minimum Gasteiger partial charge on any atom is -0.490 e. The number of anilines is 1. The van der Waals surface area contributed by atoms with E-state index in [0.29, 0.717) is 23.6 Å². The first-order valence-electron chi connectivity index (χ1n) is 9.10. The van der Waals surface area contributed by atoms with Gasteiger partial charge in [0.05, 0.1) is 11.9 Å². The van der Waals surface area contributed by atoms with E-state index in [9.17, 15) is 4.79 Å². The number of para-hydroxylation sites is 2. The largest absolute Gasteiger partial charge is 0.490 e. The van der Waals surface area contributed by atoms with Crippen molar-refractivity contribution in [3.05, 3.63) is 59.7 Å². The fourth-order valence-corrected chi connectivity index (χ4v) is 2.55. The molecular weight excluding hydrogens is 342 g/mol. The van der Waals surface area contributed by atoms with E-state index in [4.69, 9.17) is 4.74 Å². The molecule has 6 nitrogen and oxygen atoms in total. The predicted molar refractivity (Wildman–Crippen MR) is 109 cm³/mol. The molecule has 0 radical (unpaired) electrons. The van der Waals surface area contributed by atoms with Crippen molar-refractivity contribution in [1.82, 2.24) is 4.90 Å². The average Bonchev–Trinajstić information content (AvgIpc) is 2.71. The van der Waals surface area contributed by atoms with Crippen molar-refractivity contribution in [1.29, 1.82) is 0 Å². The van der Waals surface area contributed by atoms with Crippen LogP contribution in [-0.4, -0.2) is 50.4 Å². The number of hydrogen-bond acceptors (Lipinski definition) is 5. The van der Waals surface area contributed by atoms with Gasteiger partial charge in [-0.1, -0.05) is 43.3 Å². The molecule has 0 fully saturated rings. The van der Waals surface area contributed by atoms with Crippen molar-refractivity contribution in [2.24, 2.45) is 5.16 Å². The zero-order valence-electron chi connectivity index (χ0n) is 16.1.